The van der Waals surface area contributed by atoms with Gasteiger partial charge in [-0.2, -0.15) is 0 Å². The lowest BCUT2D eigenvalue weighted by atomic mass is 10.0. The minimum Gasteiger partial charge on any atom is -0.379 e. The fourth-order valence-electron chi connectivity index (χ4n) is 3.79. The van der Waals surface area contributed by atoms with Crippen LogP contribution in [-0.4, -0.2) is 75.8 Å². The summed E-state index contributed by atoms with van der Waals surface area (Å²) in [6.45, 7) is 6.46. The number of halogens is 2. The van der Waals surface area contributed by atoms with E-state index in [0.717, 1.165) is 57.5 Å². The lowest BCUT2D eigenvalue weighted by Crippen LogP contribution is -2.47. The van der Waals surface area contributed by atoms with Crippen molar-refractivity contribution in [3.63, 3.8) is 0 Å². The molecule has 1 heterocycles. The van der Waals surface area contributed by atoms with Gasteiger partial charge in [0.15, 0.2) is 5.96 Å². The molecule has 6 nitrogen and oxygen atoms in total. The van der Waals surface area contributed by atoms with Crippen LogP contribution in [0.15, 0.2) is 59.6 Å². The monoisotopic (exact) mass is 555 g/mol. The van der Waals surface area contributed by atoms with Gasteiger partial charge in [0.25, 0.3) is 0 Å². The molecule has 176 valence electrons. The third-order valence-electron chi connectivity index (χ3n) is 5.51. The van der Waals surface area contributed by atoms with Crippen molar-refractivity contribution in [1.29, 1.82) is 0 Å². The smallest absolute Gasteiger partial charge is 0.191 e. The topological polar surface area (TPSA) is 52.1 Å². The van der Waals surface area contributed by atoms with Crippen molar-refractivity contribution < 1.29 is 9.13 Å². The van der Waals surface area contributed by atoms with Crippen LogP contribution in [0.1, 0.15) is 17.2 Å². The first-order chi connectivity index (χ1) is 15.2. The molecule has 1 aliphatic rings. The van der Waals surface area contributed by atoms with E-state index in [1.165, 1.54) is 17.7 Å². The lowest BCUT2D eigenvalue weighted by molar-refractivity contribution is 0.0170. The molecule has 0 bridgehead atoms. The minimum atomic E-state index is -0.213. The predicted molar refractivity (Wildman–Crippen MR) is 139 cm³/mol. The molecule has 1 fully saturated rings. The molecule has 2 aromatic carbocycles. The van der Waals surface area contributed by atoms with Crippen molar-refractivity contribution in [3.8, 4) is 0 Å². The Morgan fingerprint density at radius 1 is 1.09 bits per heavy atom. The highest BCUT2D eigenvalue weighted by Gasteiger charge is 2.23. The van der Waals surface area contributed by atoms with Crippen LogP contribution in [0.2, 0.25) is 0 Å². The van der Waals surface area contributed by atoms with Crippen LogP contribution >= 0.6 is 24.0 Å². The number of aliphatic imine (C=N–C) groups is 1. The number of morpholine rings is 1. The van der Waals surface area contributed by atoms with Crippen LogP contribution in [0.3, 0.4) is 0 Å². The van der Waals surface area contributed by atoms with E-state index in [9.17, 15) is 4.39 Å². The number of likely N-dealkylation sites (N-methyl/N-ethyl adjacent to an activating group) is 1. The molecule has 1 atom stereocenters. The van der Waals surface area contributed by atoms with E-state index in [0.29, 0.717) is 6.54 Å². The number of guanidine groups is 1. The zero-order valence-electron chi connectivity index (χ0n) is 19.0. The summed E-state index contributed by atoms with van der Waals surface area (Å²) in [5.41, 5.74) is 2.40. The molecule has 0 saturated carbocycles. The van der Waals surface area contributed by atoms with Gasteiger partial charge < -0.3 is 20.3 Å². The normalized spacial score (nSPS) is 15.8. The molecule has 3 rings (SSSR count). The summed E-state index contributed by atoms with van der Waals surface area (Å²) < 4.78 is 18.9. The zero-order chi connectivity index (χ0) is 21.9. The second-order valence-corrected chi connectivity index (χ2v) is 7.82. The van der Waals surface area contributed by atoms with Crippen molar-refractivity contribution in [1.82, 2.24) is 20.4 Å². The zero-order valence-corrected chi connectivity index (χ0v) is 21.3. The van der Waals surface area contributed by atoms with Gasteiger partial charge in [-0.15, -0.1) is 24.0 Å². The molecule has 1 saturated heterocycles. The number of nitrogens with zero attached hydrogens (tertiary/aromatic N) is 3. The quantitative estimate of drug-likeness (QED) is 0.283. The summed E-state index contributed by atoms with van der Waals surface area (Å²) in [5, 5.41) is 6.85. The van der Waals surface area contributed by atoms with Crippen molar-refractivity contribution in [2.45, 2.75) is 12.6 Å². The van der Waals surface area contributed by atoms with E-state index in [-0.39, 0.29) is 35.8 Å². The molecule has 0 amide bonds. The fourth-order valence-corrected chi connectivity index (χ4v) is 3.79. The highest BCUT2D eigenvalue weighted by molar-refractivity contribution is 14.0. The summed E-state index contributed by atoms with van der Waals surface area (Å²) in [6, 6.07) is 17.4. The average Bonchev–Trinajstić information content (AvgIpc) is 2.80. The first-order valence-corrected chi connectivity index (χ1v) is 10.9. The number of hydrogen-bond donors (Lipinski definition) is 2. The highest BCUT2D eigenvalue weighted by Crippen LogP contribution is 2.21. The molecule has 0 aliphatic carbocycles. The van der Waals surface area contributed by atoms with E-state index >= 15 is 0 Å². The second-order valence-electron chi connectivity index (χ2n) is 7.82. The standard InChI is InChI=1S/C24H34FN5O.HI/c1-26-24(27-12-13-29(2)19-20-6-4-3-5-7-20)28-18-23(30-14-16-31-17-15-30)21-8-10-22(25)11-9-21;/h3-11,23H,12-19H2,1-2H3,(H2,26,27,28);1H. The van der Waals surface area contributed by atoms with E-state index < -0.39 is 0 Å². The Kier molecular flexibility index (Phi) is 11.9. The van der Waals surface area contributed by atoms with Gasteiger partial charge in [-0.25, -0.2) is 4.39 Å². The molecule has 0 aromatic heterocycles. The maximum atomic E-state index is 13.4. The number of nitrogens with one attached hydrogen (secondary N) is 2. The molecule has 2 aromatic rings. The molecule has 1 unspecified atom stereocenters. The van der Waals surface area contributed by atoms with Crippen LogP contribution < -0.4 is 10.6 Å². The SMILES string of the molecule is CN=C(NCCN(C)Cc1ccccc1)NCC(c1ccc(F)cc1)N1CCOCC1.I. The third kappa shape index (κ3) is 8.65. The summed E-state index contributed by atoms with van der Waals surface area (Å²) >= 11 is 0. The van der Waals surface area contributed by atoms with Crippen LogP contribution in [0, 0.1) is 5.82 Å². The average molecular weight is 555 g/mol. The van der Waals surface area contributed by atoms with Gasteiger partial charge in [0, 0.05) is 46.3 Å². The Labute approximate surface area is 208 Å². The van der Waals surface area contributed by atoms with E-state index in [4.69, 9.17) is 4.74 Å². The number of rotatable bonds is 9. The van der Waals surface area contributed by atoms with Gasteiger partial charge in [0.1, 0.15) is 5.82 Å². The highest BCUT2D eigenvalue weighted by atomic mass is 127. The van der Waals surface area contributed by atoms with E-state index in [1.807, 2.05) is 18.2 Å². The first-order valence-electron chi connectivity index (χ1n) is 10.9. The molecule has 32 heavy (non-hydrogen) atoms. The summed E-state index contributed by atoms with van der Waals surface area (Å²) in [6.07, 6.45) is 0. The summed E-state index contributed by atoms with van der Waals surface area (Å²) in [4.78, 5) is 9.03. The molecule has 2 N–H and O–H groups in total. The lowest BCUT2D eigenvalue weighted by Gasteiger charge is -2.35. The van der Waals surface area contributed by atoms with Crippen molar-refractivity contribution in [3.05, 3.63) is 71.5 Å². The molecular formula is C24H35FIN5O. The Hall–Kier alpha value is -1.75. The summed E-state index contributed by atoms with van der Waals surface area (Å²) in [7, 11) is 3.90. The van der Waals surface area contributed by atoms with Gasteiger partial charge in [-0.3, -0.25) is 9.89 Å². The fraction of sp³-hybridized carbons (Fsp3) is 0.458. The van der Waals surface area contributed by atoms with Crippen LogP contribution in [0.25, 0.3) is 0 Å². The summed E-state index contributed by atoms with van der Waals surface area (Å²) in [5.74, 6) is 0.558. The Morgan fingerprint density at radius 3 is 2.44 bits per heavy atom. The van der Waals surface area contributed by atoms with Crippen molar-refractivity contribution >= 4 is 29.9 Å². The van der Waals surface area contributed by atoms with Gasteiger partial charge in [0.05, 0.1) is 19.3 Å². The molecule has 8 heteroatoms. The minimum absolute atomic E-state index is 0. The molecule has 1 aliphatic heterocycles. The van der Waals surface area contributed by atoms with E-state index in [2.05, 4.69) is 56.7 Å². The predicted octanol–water partition coefficient (Wildman–Crippen LogP) is 3.11. The van der Waals surface area contributed by atoms with Crippen LogP contribution in [-0.2, 0) is 11.3 Å². The van der Waals surface area contributed by atoms with Gasteiger partial charge in [-0.1, -0.05) is 42.5 Å². The molecule has 0 spiro atoms. The largest absolute Gasteiger partial charge is 0.379 e. The Bertz CT molecular complexity index is 800. The van der Waals surface area contributed by atoms with Gasteiger partial charge in [0.2, 0.25) is 0 Å². The second kappa shape index (κ2) is 14.4. The van der Waals surface area contributed by atoms with Crippen molar-refractivity contribution in [2.75, 3.05) is 60.0 Å². The van der Waals surface area contributed by atoms with Crippen LogP contribution in [0.4, 0.5) is 4.39 Å². The van der Waals surface area contributed by atoms with Crippen LogP contribution in [0.5, 0.6) is 0 Å². The Balaban J connectivity index is 0.00000363. The van der Waals surface area contributed by atoms with Gasteiger partial charge >= 0.3 is 0 Å². The number of benzene rings is 2. The maximum Gasteiger partial charge on any atom is 0.191 e. The number of hydrogen-bond acceptors (Lipinski definition) is 4. The Morgan fingerprint density at radius 2 is 1.78 bits per heavy atom. The van der Waals surface area contributed by atoms with E-state index in [1.54, 1.807) is 7.05 Å². The third-order valence-corrected chi connectivity index (χ3v) is 5.51. The molecular weight excluding hydrogens is 520 g/mol. The van der Waals surface area contributed by atoms with Gasteiger partial charge in [-0.05, 0) is 30.3 Å². The van der Waals surface area contributed by atoms with Crippen molar-refractivity contribution in [2.24, 2.45) is 4.99 Å². The first kappa shape index (κ1) is 26.5. The maximum absolute atomic E-state index is 13.4. The molecule has 0 radical (unpaired) electrons. The number of ether oxygens (including phenoxy) is 1.